The van der Waals surface area contributed by atoms with Crippen molar-refractivity contribution in [2.45, 2.75) is 31.6 Å². The minimum atomic E-state index is 0.516. The van der Waals surface area contributed by atoms with Crippen LogP contribution in [-0.2, 0) is 0 Å². The van der Waals surface area contributed by atoms with E-state index in [0.29, 0.717) is 11.7 Å². The van der Waals surface area contributed by atoms with Crippen molar-refractivity contribution in [1.82, 2.24) is 9.97 Å². The molecular formula is C13H13Br2N3S. The minimum absolute atomic E-state index is 0.516. The average molecular weight is 403 g/mol. The molecule has 100 valence electrons. The van der Waals surface area contributed by atoms with Crippen LogP contribution in [0.25, 0.3) is 10.7 Å². The van der Waals surface area contributed by atoms with Crippen molar-refractivity contribution < 1.29 is 0 Å². The first-order valence-electron chi connectivity index (χ1n) is 6.24. The van der Waals surface area contributed by atoms with Gasteiger partial charge in [-0.1, -0.05) is 12.8 Å². The van der Waals surface area contributed by atoms with E-state index in [2.05, 4.69) is 36.8 Å². The lowest BCUT2D eigenvalue weighted by molar-refractivity contribution is 0.692. The highest BCUT2D eigenvalue weighted by Gasteiger charge is 2.23. The Labute approximate surface area is 132 Å². The van der Waals surface area contributed by atoms with Gasteiger partial charge in [0.05, 0.1) is 18.8 Å². The number of thiophene rings is 1. The monoisotopic (exact) mass is 401 g/mol. The van der Waals surface area contributed by atoms with Crippen molar-refractivity contribution in [3.05, 3.63) is 26.1 Å². The van der Waals surface area contributed by atoms with Gasteiger partial charge in [0.15, 0.2) is 5.82 Å². The fraction of sp³-hybridized carbons (Fsp3) is 0.385. The van der Waals surface area contributed by atoms with Gasteiger partial charge in [0.1, 0.15) is 5.82 Å². The van der Waals surface area contributed by atoms with Gasteiger partial charge in [-0.05, 0) is 56.8 Å². The highest BCUT2D eigenvalue weighted by Crippen LogP contribution is 2.39. The molecule has 0 amide bonds. The molecule has 0 atom stereocenters. The predicted octanol–water partition coefficient (Wildman–Crippen LogP) is 4.97. The van der Waals surface area contributed by atoms with E-state index in [1.165, 1.54) is 25.7 Å². The Morgan fingerprint density at radius 2 is 1.89 bits per heavy atom. The van der Waals surface area contributed by atoms with Gasteiger partial charge in [-0.25, -0.2) is 9.97 Å². The van der Waals surface area contributed by atoms with Crippen molar-refractivity contribution >= 4 is 49.0 Å². The van der Waals surface area contributed by atoms with E-state index >= 15 is 0 Å². The van der Waals surface area contributed by atoms with Crippen LogP contribution in [0.15, 0.2) is 20.4 Å². The molecule has 0 saturated heterocycles. The molecule has 2 N–H and O–H groups in total. The highest BCUT2D eigenvalue weighted by atomic mass is 79.9. The van der Waals surface area contributed by atoms with Crippen molar-refractivity contribution in [3.63, 3.8) is 0 Å². The smallest absolute Gasteiger partial charge is 0.171 e. The zero-order valence-electron chi connectivity index (χ0n) is 10.2. The number of halogens is 2. The standard InChI is InChI=1S/C13H13Br2N3S/c14-9-6-5-8(19-9)13-17-11(7-3-1-2-4-7)10(15)12(16)18-13/h5-7H,1-4H2,(H2,16,17,18). The minimum Gasteiger partial charge on any atom is -0.383 e. The summed E-state index contributed by atoms with van der Waals surface area (Å²) in [6, 6.07) is 4.03. The first kappa shape index (κ1) is 13.5. The molecule has 0 radical (unpaired) electrons. The molecular weight excluding hydrogens is 390 g/mol. The number of rotatable bonds is 2. The van der Waals surface area contributed by atoms with E-state index < -0.39 is 0 Å². The van der Waals surface area contributed by atoms with Crippen LogP contribution in [0.1, 0.15) is 37.3 Å². The third kappa shape index (κ3) is 2.71. The van der Waals surface area contributed by atoms with E-state index in [1.54, 1.807) is 11.3 Å². The molecule has 0 aliphatic heterocycles. The van der Waals surface area contributed by atoms with Gasteiger partial charge < -0.3 is 5.73 Å². The van der Waals surface area contributed by atoms with Crippen molar-refractivity contribution in [3.8, 4) is 10.7 Å². The molecule has 1 saturated carbocycles. The average Bonchev–Trinajstić information content (AvgIpc) is 3.03. The number of nitrogens with zero attached hydrogens (tertiary/aromatic N) is 2. The molecule has 2 aromatic heterocycles. The van der Waals surface area contributed by atoms with E-state index in [-0.39, 0.29) is 0 Å². The Morgan fingerprint density at radius 3 is 2.53 bits per heavy atom. The third-order valence-electron chi connectivity index (χ3n) is 3.44. The maximum absolute atomic E-state index is 6.03. The SMILES string of the molecule is Nc1nc(-c2ccc(Br)s2)nc(C2CCCC2)c1Br. The van der Waals surface area contributed by atoms with E-state index in [9.17, 15) is 0 Å². The second kappa shape index (κ2) is 5.50. The van der Waals surface area contributed by atoms with Crippen LogP contribution in [0.3, 0.4) is 0 Å². The third-order valence-corrected chi connectivity index (χ3v) is 5.87. The molecule has 2 heterocycles. The van der Waals surface area contributed by atoms with E-state index in [4.69, 9.17) is 10.7 Å². The topological polar surface area (TPSA) is 51.8 Å². The maximum Gasteiger partial charge on any atom is 0.171 e. The molecule has 1 aliphatic rings. The molecule has 3 rings (SSSR count). The van der Waals surface area contributed by atoms with Gasteiger partial charge in [-0.3, -0.25) is 0 Å². The lowest BCUT2D eigenvalue weighted by atomic mass is 10.0. The van der Waals surface area contributed by atoms with Gasteiger partial charge in [0.2, 0.25) is 0 Å². The molecule has 3 nitrogen and oxygen atoms in total. The van der Waals surface area contributed by atoms with E-state index in [1.807, 2.05) is 12.1 Å². The molecule has 19 heavy (non-hydrogen) atoms. The number of nitrogens with two attached hydrogens (primary N) is 1. The fourth-order valence-corrected chi connectivity index (χ4v) is 4.32. The van der Waals surface area contributed by atoms with Gasteiger partial charge in [0, 0.05) is 5.92 Å². The Hall–Kier alpha value is -0.460. The second-order valence-corrected chi connectivity index (χ2v) is 7.97. The number of hydrogen-bond donors (Lipinski definition) is 1. The first-order chi connectivity index (χ1) is 9.15. The highest BCUT2D eigenvalue weighted by molar-refractivity contribution is 9.11. The molecule has 0 spiro atoms. The number of nitrogen functional groups attached to an aromatic ring is 1. The van der Waals surface area contributed by atoms with Crippen molar-refractivity contribution in [1.29, 1.82) is 0 Å². The van der Waals surface area contributed by atoms with Gasteiger partial charge in [-0.15, -0.1) is 11.3 Å². The summed E-state index contributed by atoms with van der Waals surface area (Å²) in [6.07, 6.45) is 4.95. The maximum atomic E-state index is 6.03. The van der Waals surface area contributed by atoms with E-state index in [0.717, 1.165) is 24.7 Å². The van der Waals surface area contributed by atoms with Gasteiger partial charge in [0.25, 0.3) is 0 Å². The summed E-state index contributed by atoms with van der Waals surface area (Å²) in [6.45, 7) is 0. The van der Waals surface area contributed by atoms with Crippen LogP contribution in [0.5, 0.6) is 0 Å². The van der Waals surface area contributed by atoms with Crippen LogP contribution >= 0.6 is 43.2 Å². The summed E-state index contributed by atoms with van der Waals surface area (Å²) in [5.41, 5.74) is 7.10. The lowest BCUT2D eigenvalue weighted by Gasteiger charge is -2.13. The summed E-state index contributed by atoms with van der Waals surface area (Å²) in [4.78, 5) is 10.2. The molecule has 2 aromatic rings. The summed E-state index contributed by atoms with van der Waals surface area (Å²) in [5.74, 6) is 1.79. The second-order valence-electron chi connectivity index (χ2n) is 4.72. The first-order valence-corrected chi connectivity index (χ1v) is 8.64. The van der Waals surface area contributed by atoms with Crippen molar-refractivity contribution in [2.24, 2.45) is 0 Å². The molecule has 6 heteroatoms. The van der Waals surface area contributed by atoms with Crippen LogP contribution in [-0.4, -0.2) is 9.97 Å². The molecule has 1 aliphatic carbocycles. The quantitative estimate of drug-likeness (QED) is 0.771. The Bertz CT molecular complexity index is 606. The zero-order chi connectivity index (χ0) is 13.4. The number of aromatic nitrogens is 2. The molecule has 0 aromatic carbocycles. The Morgan fingerprint density at radius 1 is 1.16 bits per heavy atom. The van der Waals surface area contributed by atoms with Crippen LogP contribution < -0.4 is 5.73 Å². The summed E-state index contributed by atoms with van der Waals surface area (Å²) in [7, 11) is 0. The van der Waals surface area contributed by atoms with Crippen LogP contribution in [0.2, 0.25) is 0 Å². The molecule has 0 bridgehead atoms. The normalized spacial score (nSPS) is 16.1. The number of hydrogen-bond acceptors (Lipinski definition) is 4. The largest absolute Gasteiger partial charge is 0.383 e. The summed E-state index contributed by atoms with van der Waals surface area (Å²) >= 11 is 8.64. The van der Waals surface area contributed by atoms with Crippen LogP contribution in [0.4, 0.5) is 5.82 Å². The molecule has 0 unspecified atom stereocenters. The lowest BCUT2D eigenvalue weighted by Crippen LogP contribution is -2.05. The zero-order valence-corrected chi connectivity index (χ0v) is 14.2. The fourth-order valence-electron chi connectivity index (χ4n) is 2.50. The Balaban J connectivity index is 2.06. The van der Waals surface area contributed by atoms with Crippen molar-refractivity contribution in [2.75, 3.05) is 5.73 Å². The summed E-state index contributed by atoms with van der Waals surface area (Å²) < 4.78 is 1.95. The molecule has 1 fully saturated rings. The predicted molar refractivity (Wildman–Crippen MR) is 86.4 cm³/mol. The number of anilines is 1. The van der Waals surface area contributed by atoms with Gasteiger partial charge in [-0.2, -0.15) is 0 Å². The van der Waals surface area contributed by atoms with Crippen LogP contribution in [0, 0.1) is 0 Å². The van der Waals surface area contributed by atoms with Gasteiger partial charge >= 0.3 is 0 Å². The Kier molecular flexibility index (Phi) is 3.91. The summed E-state index contributed by atoms with van der Waals surface area (Å²) in [5, 5.41) is 0.